The summed E-state index contributed by atoms with van der Waals surface area (Å²) >= 11 is 0. The molecule has 0 spiro atoms. The van der Waals surface area contributed by atoms with Crippen molar-refractivity contribution in [3.63, 3.8) is 0 Å². The van der Waals surface area contributed by atoms with Crippen LogP contribution in [0, 0.1) is 0 Å². The third kappa shape index (κ3) is 7.35. The van der Waals surface area contributed by atoms with Gasteiger partial charge in [0.2, 0.25) is 0 Å². The molecule has 218 valence electrons. The fraction of sp³-hybridized carbons (Fsp3) is 0.500. The van der Waals surface area contributed by atoms with Crippen LogP contribution in [0.5, 0.6) is 11.5 Å². The van der Waals surface area contributed by atoms with Gasteiger partial charge in [0, 0.05) is 27.3 Å². The van der Waals surface area contributed by atoms with Crippen molar-refractivity contribution < 1.29 is 36.9 Å². The van der Waals surface area contributed by atoms with Gasteiger partial charge in [-0.1, -0.05) is 31.8 Å². The number of amides is 1. The van der Waals surface area contributed by atoms with Crippen molar-refractivity contribution in [2.75, 3.05) is 26.9 Å². The fourth-order valence-electron chi connectivity index (χ4n) is 4.39. The largest absolute Gasteiger partial charge is 0.492 e. The summed E-state index contributed by atoms with van der Waals surface area (Å²) in [6, 6.07) is 6.77. The molecule has 0 saturated carbocycles. The molecule has 1 aliphatic heterocycles. The van der Waals surface area contributed by atoms with Crippen molar-refractivity contribution in [3.8, 4) is 11.5 Å². The van der Waals surface area contributed by atoms with E-state index in [1.165, 1.54) is 13.2 Å². The zero-order chi connectivity index (χ0) is 29.1. The first kappa shape index (κ1) is 29.9. The number of hydrogen-bond acceptors (Lipinski definition) is 6. The van der Waals surface area contributed by atoms with Crippen molar-refractivity contribution in [2.45, 2.75) is 64.1 Å². The molecule has 8 nitrogen and oxygen atoms in total. The summed E-state index contributed by atoms with van der Waals surface area (Å²) in [5.41, 5.74) is 0.132. The van der Waals surface area contributed by atoms with E-state index < -0.39 is 31.8 Å². The average molecular weight is 580 g/mol. The van der Waals surface area contributed by atoms with Crippen LogP contribution in [0.1, 0.15) is 40.9 Å². The van der Waals surface area contributed by atoms with Gasteiger partial charge in [0.1, 0.15) is 18.4 Å². The minimum Gasteiger partial charge on any atom is -0.492 e. The van der Waals surface area contributed by atoms with Gasteiger partial charge < -0.3 is 24.3 Å². The number of nitrogens with zero attached hydrogens (tertiary/aromatic N) is 2. The van der Waals surface area contributed by atoms with E-state index in [1.807, 2.05) is 0 Å². The van der Waals surface area contributed by atoms with Gasteiger partial charge in [-0.2, -0.15) is 18.3 Å². The summed E-state index contributed by atoms with van der Waals surface area (Å²) in [7, 11) is 0.252. The van der Waals surface area contributed by atoms with Gasteiger partial charge in [0.15, 0.2) is 11.5 Å². The Morgan fingerprint density at radius 3 is 2.70 bits per heavy atom. The highest BCUT2D eigenvalue weighted by Crippen LogP contribution is 2.39. The molecule has 12 heteroatoms. The molecule has 2 atom stereocenters. The van der Waals surface area contributed by atoms with E-state index in [4.69, 9.17) is 18.9 Å². The highest BCUT2D eigenvalue weighted by Gasteiger charge is 2.31. The lowest BCUT2D eigenvalue weighted by Gasteiger charge is -2.19. The smallest absolute Gasteiger partial charge is 0.416 e. The Bertz CT molecular complexity index is 1330. The molecule has 40 heavy (non-hydrogen) atoms. The van der Waals surface area contributed by atoms with Gasteiger partial charge in [-0.3, -0.25) is 4.79 Å². The number of fused-ring (bicyclic) bond motifs is 1. The molecular weight excluding hydrogens is 543 g/mol. The second kappa shape index (κ2) is 12.2. The second-order valence-corrected chi connectivity index (χ2v) is 16.8. The molecule has 1 N–H and O–H groups in total. The van der Waals surface area contributed by atoms with Crippen molar-refractivity contribution in [1.82, 2.24) is 15.1 Å². The number of alkyl halides is 3. The first-order chi connectivity index (χ1) is 18.9. The van der Waals surface area contributed by atoms with Crippen molar-refractivity contribution >= 4 is 24.9 Å². The molecule has 2 aromatic carbocycles. The van der Waals surface area contributed by atoms with Gasteiger partial charge in [-0.15, -0.1) is 0 Å². The summed E-state index contributed by atoms with van der Waals surface area (Å²) in [6.07, 6.45) is -2.25. The predicted molar refractivity (Wildman–Crippen MR) is 148 cm³/mol. The molecule has 0 bridgehead atoms. The number of ether oxygens (including phenoxy) is 4. The van der Waals surface area contributed by atoms with Gasteiger partial charge in [0.05, 0.1) is 42.9 Å². The van der Waals surface area contributed by atoms with E-state index >= 15 is 0 Å². The first-order valence-electron chi connectivity index (χ1n) is 13.2. The van der Waals surface area contributed by atoms with Crippen LogP contribution in [0.3, 0.4) is 0 Å². The third-order valence-electron chi connectivity index (χ3n) is 6.67. The summed E-state index contributed by atoms with van der Waals surface area (Å²) < 4.78 is 64.5. The van der Waals surface area contributed by atoms with Crippen LogP contribution in [0.2, 0.25) is 25.7 Å². The van der Waals surface area contributed by atoms with Crippen molar-refractivity contribution in [3.05, 3.63) is 53.2 Å². The molecule has 3 aromatic rings. The molecule has 4 rings (SSSR count). The number of hydrogen-bond donors (Lipinski definition) is 1. The van der Waals surface area contributed by atoms with E-state index in [1.54, 1.807) is 29.9 Å². The quantitative estimate of drug-likeness (QED) is 0.221. The van der Waals surface area contributed by atoms with E-state index in [2.05, 4.69) is 30.1 Å². The maximum Gasteiger partial charge on any atom is 0.416 e. The lowest BCUT2D eigenvalue weighted by molar-refractivity contribution is -0.137. The van der Waals surface area contributed by atoms with E-state index in [-0.39, 0.29) is 18.4 Å². The Morgan fingerprint density at radius 2 is 2.05 bits per heavy atom. The van der Waals surface area contributed by atoms with Crippen LogP contribution >= 0.6 is 0 Å². The monoisotopic (exact) mass is 579 g/mol. The number of halogens is 3. The Labute approximate surface area is 232 Å². The molecule has 0 aliphatic carbocycles. The molecular formula is C28H36F3N3O5Si. The molecule has 1 aliphatic rings. The Balaban J connectivity index is 1.65. The Hall–Kier alpha value is -3.09. The summed E-state index contributed by atoms with van der Waals surface area (Å²) in [6.45, 7) is 10.2. The topological polar surface area (TPSA) is 83.8 Å². The fourth-order valence-corrected chi connectivity index (χ4v) is 5.14. The maximum atomic E-state index is 13.6. The number of methoxy groups -OCH3 is 1. The van der Waals surface area contributed by atoms with E-state index in [0.29, 0.717) is 54.2 Å². The van der Waals surface area contributed by atoms with E-state index in [0.717, 1.165) is 18.2 Å². The molecule has 1 saturated heterocycles. The Kier molecular flexibility index (Phi) is 9.11. The first-order valence-corrected chi connectivity index (χ1v) is 16.9. The minimum absolute atomic E-state index is 0.191. The Morgan fingerprint density at radius 1 is 1.27 bits per heavy atom. The summed E-state index contributed by atoms with van der Waals surface area (Å²) in [5.74, 6) is 0.286. The SMILES string of the molecule is COc1c(OC2CCOC2)cc(C(=O)NC(C)c2cccc(C(F)(F)F)c2)c2nn(COCC[Si](C)(C)C)cc12. The number of benzene rings is 2. The number of aromatic nitrogens is 2. The standard InChI is InChI=1S/C28H36F3N3O5Si/c1-18(19-7-6-8-20(13-19)28(29,30)31)32-27(35)22-14-24(39-21-9-10-37-16-21)26(36-2)23-15-34(33-25(22)23)17-38-11-12-40(3,4)5/h6-8,13-15,18,21H,9-12,16-17H2,1-5H3,(H,32,35). The highest BCUT2D eigenvalue weighted by molar-refractivity contribution is 6.76. The van der Waals surface area contributed by atoms with Crippen molar-refractivity contribution in [2.24, 2.45) is 0 Å². The second-order valence-electron chi connectivity index (χ2n) is 11.2. The molecule has 1 amide bonds. The van der Waals surface area contributed by atoms with Crippen LogP contribution in [-0.2, 0) is 22.4 Å². The lowest BCUT2D eigenvalue weighted by atomic mass is 10.0. The van der Waals surface area contributed by atoms with Crippen LogP contribution in [0.15, 0.2) is 36.5 Å². The molecule has 0 radical (unpaired) electrons. The zero-order valence-corrected chi connectivity index (χ0v) is 24.4. The zero-order valence-electron chi connectivity index (χ0n) is 23.4. The van der Waals surface area contributed by atoms with Crippen LogP contribution in [0.25, 0.3) is 10.9 Å². The molecule has 2 heterocycles. The highest BCUT2D eigenvalue weighted by atomic mass is 28.3. The van der Waals surface area contributed by atoms with Crippen LogP contribution in [0.4, 0.5) is 13.2 Å². The minimum atomic E-state index is -4.48. The number of nitrogens with one attached hydrogen (secondary N) is 1. The number of rotatable bonds is 11. The number of carbonyl (C=O) groups excluding carboxylic acids is 1. The lowest BCUT2D eigenvalue weighted by Crippen LogP contribution is -2.27. The third-order valence-corrected chi connectivity index (χ3v) is 8.38. The van der Waals surface area contributed by atoms with Crippen LogP contribution in [-0.4, -0.2) is 56.8 Å². The number of carbonyl (C=O) groups is 1. The van der Waals surface area contributed by atoms with E-state index in [9.17, 15) is 18.0 Å². The molecule has 1 aromatic heterocycles. The molecule has 1 fully saturated rings. The molecule has 2 unspecified atom stereocenters. The van der Waals surface area contributed by atoms with Crippen LogP contribution < -0.4 is 14.8 Å². The summed E-state index contributed by atoms with van der Waals surface area (Å²) in [5, 5.41) is 7.99. The van der Waals surface area contributed by atoms with Gasteiger partial charge in [-0.05, 0) is 36.7 Å². The van der Waals surface area contributed by atoms with Gasteiger partial charge in [0.25, 0.3) is 5.91 Å². The van der Waals surface area contributed by atoms with Gasteiger partial charge in [-0.25, -0.2) is 4.68 Å². The predicted octanol–water partition coefficient (Wildman–Crippen LogP) is 6.03. The normalized spacial score (nSPS) is 16.8. The summed E-state index contributed by atoms with van der Waals surface area (Å²) in [4.78, 5) is 13.6. The van der Waals surface area contributed by atoms with Gasteiger partial charge >= 0.3 is 6.18 Å². The van der Waals surface area contributed by atoms with Crippen molar-refractivity contribution in [1.29, 1.82) is 0 Å². The average Bonchev–Trinajstić information content (AvgIpc) is 3.55. The maximum absolute atomic E-state index is 13.6.